The normalized spacial score (nSPS) is 26.3. The van der Waals surface area contributed by atoms with Crippen LogP contribution in [0.15, 0.2) is 178 Å². The Labute approximate surface area is 683 Å². The van der Waals surface area contributed by atoms with E-state index in [1.165, 1.54) is 36.0 Å². The molecule has 111 heavy (non-hydrogen) atoms. The highest BCUT2D eigenvalue weighted by atomic mass is 31.2. The third-order valence-corrected chi connectivity index (χ3v) is 48.5. The summed E-state index contributed by atoms with van der Waals surface area (Å²) in [7, 11) is -7.62. The van der Waals surface area contributed by atoms with Crippen LogP contribution in [0.3, 0.4) is 0 Å². The van der Waals surface area contributed by atoms with E-state index in [4.69, 9.17) is 34.0 Å². The highest BCUT2D eigenvalue weighted by Crippen LogP contribution is 2.58. The number of benzene rings is 2. The number of oxime groups is 2. The van der Waals surface area contributed by atoms with Crippen LogP contribution in [-0.4, -0.2) is 95.3 Å². The lowest BCUT2D eigenvalue weighted by Gasteiger charge is -2.45. The van der Waals surface area contributed by atoms with E-state index in [2.05, 4.69) is 276 Å². The van der Waals surface area contributed by atoms with Gasteiger partial charge in [-0.25, -0.2) is 0 Å². The monoisotopic (exact) mass is 1610 g/mol. The summed E-state index contributed by atoms with van der Waals surface area (Å²) in [6.45, 7) is 78.2. The number of carbonyl (C=O) groups is 1. The first-order chi connectivity index (χ1) is 50.9. The number of nitrogens with zero attached hydrogens (tertiary/aromatic N) is 2. The first-order valence-corrected chi connectivity index (χ1v) is 55.8. The topological polar surface area (TPSA) is 114 Å². The van der Waals surface area contributed by atoms with Gasteiger partial charge in [-0.1, -0.05) is 296 Å². The summed E-state index contributed by atoms with van der Waals surface area (Å²) >= 11 is 0. The summed E-state index contributed by atoms with van der Waals surface area (Å²) in [5, 5.41) is 10.7. The molecule has 0 aromatic heterocycles. The van der Waals surface area contributed by atoms with Crippen molar-refractivity contribution in [3.63, 3.8) is 0 Å². The number of hydrogen-bond donors (Lipinski definition) is 0. The lowest BCUT2D eigenvalue weighted by Crippen LogP contribution is -2.49. The van der Waals surface area contributed by atoms with Crippen molar-refractivity contribution in [3.05, 3.63) is 168 Å². The van der Waals surface area contributed by atoms with E-state index in [9.17, 15) is 9.36 Å². The van der Waals surface area contributed by atoms with Gasteiger partial charge in [-0.15, -0.1) is 0 Å². The van der Waals surface area contributed by atoms with Crippen molar-refractivity contribution in [2.24, 2.45) is 55.6 Å². The molecule has 0 radical (unpaired) electrons. The van der Waals surface area contributed by atoms with Crippen molar-refractivity contribution in [1.82, 2.24) is 0 Å². The van der Waals surface area contributed by atoms with E-state index in [-0.39, 0.29) is 72.1 Å². The van der Waals surface area contributed by atoms with E-state index in [0.29, 0.717) is 29.7 Å². The minimum Gasteiger partial charge on any atom is -0.413 e. The third-order valence-electron chi connectivity index (χ3n) is 27.5. The Hall–Kier alpha value is -4.35. The molecule has 2 aromatic rings. The maximum atomic E-state index is 14.7. The van der Waals surface area contributed by atoms with E-state index < -0.39 is 40.4 Å². The largest absolute Gasteiger partial charge is 0.413 e. The minimum atomic E-state index is -2.87. The molecule has 2 aromatic carbocycles. The van der Waals surface area contributed by atoms with Gasteiger partial charge in [0.05, 0.1) is 35.8 Å². The highest BCUT2D eigenvalue weighted by molar-refractivity contribution is 7.78. The molecule has 0 bridgehead atoms. The molecule has 6 aliphatic rings. The van der Waals surface area contributed by atoms with E-state index in [1.807, 2.05) is 60.7 Å². The van der Waals surface area contributed by atoms with Gasteiger partial charge in [0.1, 0.15) is 27.1 Å². The van der Waals surface area contributed by atoms with Crippen molar-refractivity contribution in [2.45, 2.75) is 339 Å². The molecule has 10 nitrogen and oxygen atoms in total. The Bertz CT molecular complexity index is 3800. The van der Waals surface area contributed by atoms with Crippen LogP contribution in [0.25, 0.3) is 0 Å². The molecule has 10 atom stereocenters. The molecule has 4 saturated carbocycles. The number of hydrogen-bond acceptors (Lipinski definition) is 10. The predicted molar refractivity (Wildman–Crippen MR) is 489 cm³/mol. The second-order valence-electron chi connectivity index (χ2n) is 42.2. The molecule has 15 heteroatoms. The number of carbonyl (C=O) groups excluding carboxylic acids is 1. The average Bonchev–Trinajstić information content (AvgIpc) is 1.65. The number of Topliss-reactive ketones (excluding diaryl/α,β-unsaturated/α-hetero) is 1. The van der Waals surface area contributed by atoms with Crippen LogP contribution >= 0.6 is 7.14 Å². The summed E-state index contributed by atoms with van der Waals surface area (Å²) in [5.74, 6) is 2.23. The molecule has 0 saturated heterocycles. The van der Waals surface area contributed by atoms with Crippen LogP contribution in [0.4, 0.5) is 0 Å². The number of ketones is 1. The second kappa shape index (κ2) is 37.5. The predicted octanol–water partition coefficient (Wildman–Crippen LogP) is 27.1. The molecule has 0 aliphatic heterocycles. The Balaban J connectivity index is 0.000000274. The zero-order valence-electron chi connectivity index (χ0n) is 76.2. The molecule has 4 fully saturated rings. The van der Waals surface area contributed by atoms with Gasteiger partial charge in [0.25, 0.3) is 0 Å². The number of fused-ring (bicyclic) bond motifs is 2. The molecule has 0 spiro atoms. The maximum Gasteiger partial charge on any atom is 0.192 e. The van der Waals surface area contributed by atoms with Gasteiger partial charge in [0.15, 0.2) is 33.3 Å². The fraction of sp³-hybridized carbons (Fsp3) is 0.656. The number of rotatable bonds is 23. The molecule has 0 amide bonds. The van der Waals surface area contributed by atoms with Crippen LogP contribution in [0.1, 0.15) is 242 Å². The summed E-state index contributed by atoms with van der Waals surface area (Å²) in [5.41, 5.74) is 11.6. The van der Waals surface area contributed by atoms with Crippen LogP contribution in [0.5, 0.6) is 0 Å². The first kappa shape index (κ1) is 95.5. The second-order valence-corrected chi connectivity index (χ2v) is 64.1. The Morgan fingerprint density at radius 3 is 1.28 bits per heavy atom. The van der Waals surface area contributed by atoms with Crippen LogP contribution in [0, 0.1) is 45.3 Å². The molecule has 5 unspecified atom stereocenters. The molecule has 0 heterocycles. The Kier molecular flexibility index (Phi) is 32.3. The van der Waals surface area contributed by atoms with Gasteiger partial charge in [-0.05, 0) is 206 Å². The SMILES string of the molecule is C=C1/C(=C\C=C2/CCCC3(C)C(C(C)C/C=C/C(=N\OC)C(C)(C)C)=CC[C@@H]23)C[C@@H](O[Si](C)(C)C(C)(C)C)C[C@@H]1O[Si](C)(C)C(C)(C)C.C=C1/C(=C\CP(=O)(c2ccccc2)c2ccccc2)C[C@@H](O[Si](C)(C)C(C)(C)C)C[C@@H]1O[Si](C)(C)C(C)(C)C.CO/N=C(\C=C\CC(C)C1=CCC2C(=O)CCCC12C)C(C)(C)C. The van der Waals surface area contributed by atoms with Gasteiger partial charge in [0, 0.05) is 52.8 Å². The van der Waals surface area contributed by atoms with Crippen molar-refractivity contribution in [3.8, 4) is 0 Å². The van der Waals surface area contributed by atoms with Crippen molar-refractivity contribution < 1.29 is 36.7 Å². The lowest BCUT2D eigenvalue weighted by atomic mass is 9.62. The lowest BCUT2D eigenvalue weighted by molar-refractivity contribution is -0.128. The fourth-order valence-corrected chi connectivity index (χ4v) is 24.1. The van der Waals surface area contributed by atoms with Gasteiger partial charge < -0.3 is 31.9 Å². The third kappa shape index (κ3) is 24.2. The van der Waals surface area contributed by atoms with Gasteiger partial charge in [0.2, 0.25) is 0 Å². The van der Waals surface area contributed by atoms with E-state index >= 15 is 0 Å². The Morgan fingerprint density at radius 2 is 0.892 bits per heavy atom. The molecular weight excluding hydrogens is 1450 g/mol. The van der Waals surface area contributed by atoms with Crippen LogP contribution < -0.4 is 10.6 Å². The van der Waals surface area contributed by atoms with Crippen molar-refractivity contribution in [1.29, 1.82) is 0 Å². The van der Waals surface area contributed by atoms with Gasteiger partial charge in [-0.3, -0.25) is 4.79 Å². The maximum absolute atomic E-state index is 14.7. The molecule has 0 N–H and O–H groups in total. The fourth-order valence-electron chi connectivity index (χ4n) is 16.3. The standard InChI is InChI=1S/C42H73NO3Si2.C33H51O3PSi2.C21H33NO2/c1-30(20-18-22-38(43-44-13)39(3,4)5)35-25-26-36-32(21-19-27-42(35,36)12)23-24-33-28-34(45-47(14,15)40(6,7)8)29-37(31(33)2)46-48(16,17)41(9,10)11;1-26-27(22-23-37(34,29-18-14-12-15-19-29)30-20-16-13-17-21-30)24-28(35-38(8,9)32(2,3)4)25-31(26)36-39(10,11)33(5,6)7;1-15(9-7-11-19(22-24-6)20(2,3)4)16-12-13-17-18(23)10-8-14-21(16,17)5/h18,22-25,30,34,36-37H,2,19-21,26-29H2,1,3-17H3;12-22,28,31H,1,23-25H2,2-11H3;7,11-12,15,17H,8-10,13-14H2,1-6H3/b22-18+,32-23+,33-24-,43-38+;27-22-;11-7+,22-19+/t30?,34-,36+,37+,42?;28-,31+;/m11./s1. The summed E-state index contributed by atoms with van der Waals surface area (Å²) in [6.07, 6.45) is 35.5. The number of allylic oxidation sites excluding steroid dienone is 12. The van der Waals surface area contributed by atoms with Crippen LogP contribution in [0.2, 0.25) is 72.5 Å². The molecule has 6 aliphatic carbocycles. The Morgan fingerprint density at radius 1 is 0.532 bits per heavy atom. The highest BCUT2D eigenvalue weighted by Gasteiger charge is 2.51. The summed E-state index contributed by atoms with van der Waals surface area (Å²) < 4.78 is 42.9. The zero-order chi connectivity index (χ0) is 83.7. The van der Waals surface area contributed by atoms with E-state index in [1.54, 1.807) is 25.4 Å². The zero-order valence-corrected chi connectivity index (χ0v) is 81.1. The van der Waals surface area contributed by atoms with Crippen LogP contribution in [-0.2, 0) is 36.7 Å². The van der Waals surface area contributed by atoms with Gasteiger partial charge in [-0.2, -0.15) is 0 Å². The quantitative estimate of drug-likeness (QED) is 0.0355. The smallest absolute Gasteiger partial charge is 0.192 e. The molecular formula is C96H157N2O8PSi4. The molecule has 620 valence electrons. The molecule has 8 rings (SSSR count). The minimum absolute atomic E-state index is 0.0112. The average molecular weight is 1610 g/mol. The summed E-state index contributed by atoms with van der Waals surface area (Å²) in [4.78, 5) is 22.4. The summed E-state index contributed by atoms with van der Waals surface area (Å²) in [6, 6.07) is 19.8. The van der Waals surface area contributed by atoms with Crippen molar-refractivity contribution in [2.75, 3.05) is 20.4 Å². The van der Waals surface area contributed by atoms with E-state index in [0.717, 1.165) is 104 Å². The first-order valence-electron chi connectivity index (χ1n) is 42.3. The van der Waals surface area contributed by atoms with Crippen molar-refractivity contribution >= 4 is 68.2 Å². The van der Waals surface area contributed by atoms with Gasteiger partial charge >= 0.3 is 0 Å².